The smallest absolute Gasteiger partial charge is 0.151 e. The molecule has 0 atom stereocenters. The van der Waals surface area contributed by atoms with Crippen LogP contribution in [0.25, 0.3) is 6.08 Å². The van der Waals surface area contributed by atoms with Gasteiger partial charge in [0.25, 0.3) is 0 Å². The molecule has 0 aliphatic rings. The normalized spacial score (nSPS) is 10.4. The third kappa shape index (κ3) is 4.42. The van der Waals surface area contributed by atoms with Gasteiger partial charge in [0.05, 0.1) is 5.56 Å². The molecule has 0 spiro atoms. The van der Waals surface area contributed by atoms with Gasteiger partial charge in [-0.25, -0.2) is 9.97 Å². The number of rotatable bonds is 5. The van der Waals surface area contributed by atoms with Gasteiger partial charge in [0, 0.05) is 12.4 Å². The summed E-state index contributed by atoms with van der Waals surface area (Å²) in [6.07, 6.45) is 17.4. The molecular formula is C13H16N2. The summed E-state index contributed by atoms with van der Waals surface area (Å²) >= 11 is 0. The molecule has 0 saturated heterocycles. The molecule has 1 aromatic rings. The second kappa shape index (κ2) is 6.78. The monoisotopic (exact) mass is 200 g/mol. The van der Waals surface area contributed by atoms with Crippen LogP contribution in [0, 0.1) is 12.3 Å². The van der Waals surface area contributed by atoms with Crippen molar-refractivity contribution in [2.45, 2.75) is 32.6 Å². The van der Waals surface area contributed by atoms with Crippen LogP contribution in [0.5, 0.6) is 0 Å². The Morgan fingerprint density at radius 2 is 2.07 bits per heavy atom. The maximum atomic E-state index is 5.21. The van der Waals surface area contributed by atoms with Gasteiger partial charge in [0.2, 0.25) is 0 Å². The van der Waals surface area contributed by atoms with Gasteiger partial charge in [0.15, 0.2) is 5.82 Å². The largest absolute Gasteiger partial charge is 0.236 e. The predicted molar refractivity (Wildman–Crippen MR) is 63.1 cm³/mol. The van der Waals surface area contributed by atoms with Crippen LogP contribution in [0.1, 0.15) is 44.0 Å². The summed E-state index contributed by atoms with van der Waals surface area (Å²) in [6, 6.07) is 0. The van der Waals surface area contributed by atoms with Gasteiger partial charge >= 0.3 is 0 Å². The molecule has 2 nitrogen and oxygen atoms in total. The lowest BCUT2D eigenvalue weighted by Crippen LogP contribution is -1.87. The summed E-state index contributed by atoms with van der Waals surface area (Å²) in [5.41, 5.74) is 0.720. The molecule has 0 aliphatic carbocycles. The number of nitrogens with zero attached hydrogens (tertiary/aromatic N) is 2. The molecule has 0 bridgehead atoms. The average molecular weight is 200 g/mol. The van der Waals surface area contributed by atoms with E-state index in [1.807, 2.05) is 6.08 Å². The van der Waals surface area contributed by atoms with Gasteiger partial charge < -0.3 is 0 Å². The molecule has 0 aliphatic heterocycles. The molecule has 0 fully saturated rings. The summed E-state index contributed by atoms with van der Waals surface area (Å²) in [4.78, 5) is 8.25. The Labute approximate surface area is 91.5 Å². The van der Waals surface area contributed by atoms with Crippen molar-refractivity contribution in [1.29, 1.82) is 0 Å². The Morgan fingerprint density at radius 1 is 1.33 bits per heavy atom. The van der Waals surface area contributed by atoms with Crippen molar-refractivity contribution in [1.82, 2.24) is 9.97 Å². The zero-order chi connectivity index (χ0) is 10.9. The Bertz CT molecular complexity index is 344. The Morgan fingerprint density at radius 3 is 2.67 bits per heavy atom. The van der Waals surface area contributed by atoms with E-state index in [1.165, 1.54) is 19.3 Å². The third-order valence-electron chi connectivity index (χ3n) is 2.08. The zero-order valence-electron chi connectivity index (χ0n) is 9.11. The van der Waals surface area contributed by atoms with Crippen molar-refractivity contribution in [2.24, 2.45) is 0 Å². The van der Waals surface area contributed by atoms with Crippen LogP contribution >= 0.6 is 0 Å². The van der Waals surface area contributed by atoms with Crippen LogP contribution in [-0.2, 0) is 0 Å². The molecule has 1 heterocycles. The van der Waals surface area contributed by atoms with Crippen molar-refractivity contribution in [3.63, 3.8) is 0 Å². The van der Waals surface area contributed by atoms with Gasteiger partial charge in [-0.05, 0) is 18.9 Å². The van der Waals surface area contributed by atoms with Crippen molar-refractivity contribution in [3.8, 4) is 12.3 Å². The van der Waals surface area contributed by atoms with Gasteiger partial charge in [0.1, 0.15) is 0 Å². The second-order valence-electron chi connectivity index (χ2n) is 3.37. The zero-order valence-corrected chi connectivity index (χ0v) is 9.11. The fourth-order valence-electron chi connectivity index (χ4n) is 1.20. The highest BCUT2D eigenvalue weighted by Gasteiger charge is 1.90. The minimum atomic E-state index is 0.720. The lowest BCUT2D eigenvalue weighted by atomic mass is 10.2. The molecule has 0 aromatic carbocycles. The number of hydrogen-bond acceptors (Lipinski definition) is 2. The van der Waals surface area contributed by atoms with E-state index >= 15 is 0 Å². The van der Waals surface area contributed by atoms with E-state index in [-0.39, 0.29) is 0 Å². The molecule has 0 unspecified atom stereocenters. The summed E-state index contributed by atoms with van der Waals surface area (Å²) < 4.78 is 0. The highest BCUT2D eigenvalue weighted by atomic mass is 14.8. The van der Waals surface area contributed by atoms with E-state index in [0.717, 1.165) is 17.8 Å². The second-order valence-corrected chi connectivity index (χ2v) is 3.37. The van der Waals surface area contributed by atoms with Gasteiger partial charge in [-0.2, -0.15) is 0 Å². The summed E-state index contributed by atoms with van der Waals surface area (Å²) in [6.45, 7) is 2.20. The third-order valence-corrected chi connectivity index (χ3v) is 2.08. The van der Waals surface area contributed by atoms with Crippen LogP contribution < -0.4 is 0 Å². The van der Waals surface area contributed by atoms with E-state index in [4.69, 9.17) is 6.42 Å². The van der Waals surface area contributed by atoms with Crippen LogP contribution in [0.15, 0.2) is 18.5 Å². The summed E-state index contributed by atoms with van der Waals surface area (Å²) in [5, 5.41) is 0. The number of hydrogen-bond donors (Lipinski definition) is 0. The molecule has 0 saturated carbocycles. The quantitative estimate of drug-likeness (QED) is 0.539. The number of unbranched alkanes of at least 4 members (excludes halogenated alkanes) is 3. The van der Waals surface area contributed by atoms with E-state index in [0.29, 0.717) is 0 Å². The highest BCUT2D eigenvalue weighted by molar-refractivity contribution is 5.40. The first-order valence-corrected chi connectivity index (χ1v) is 5.32. The SMILES string of the molecule is C#Cc1cnc(/C=C/CCCCC)nc1. The van der Waals surface area contributed by atoms with Crippen molar-refractivity contribution < 1.29 is 0 Å². The molecule has 0 N–H and O–H groups in total. The van der Waals surface area contributed by atoms with E-state index < -0.39 is 0 Å². The molecule has 1 rings (SSSR count). The molecule has 2 heteroatoms. The van der Waals surface area contributed by atoms with Crippen LogP contribution in [0.2, 0.25) is 0 Å². The fraction of sp³-hybridized carbons (Fsp3) is 0.385. The van der Waals surface area contributed by atoms with Gasteiger partial charge in [-0.1, -0.05) is 31.8 Å². The Kier molecular flexibility index (Phi) is 5.18. The van der Waals surface area contributed by atoms with E-state index in [1.54, 1.807) is 12.4 Å². The number of terminal acetylenes is 1. The minimum Gasteiger partial charge on any atom is -0.236 e. The van der Waals surface area contributed by atoms with Gasteiger partial charge in [-0.3, -0.25) is 0 Å². The molecule has 0 radical (unpaired) electrons. The molecule has 1 aromatic heterocycles. The highest BCUT2D eigenvalue weighted by Crippen LogP contribution is 2.02. The van der Waals surface area contributed by atoms with E-state index in [2.05, 4.69) is 28.9 Å². The minimum absolute atomic E-state index is 0.720. The summed E-state index contributed by atoms with van der Waals surface area (Å²) in [7, 11) is 0. The lowest BCUT2D eigenvalue weighted by Gasteiger charge is -1.93. The van der Waals surface area contributed by atoms with Crippen LogP contribution in [0.4, 0.5) is 0 Å². The first kappa shape index (κ1) is 11.5. The first-order valence-electron chi connectivity index (χ1n) is 5.32. The number of aromatic nitrogens is 2. The molecule has 78 valence electrons. The number of allylic oxidation sites excluding steroid dienone is 1. The first-order chi connectivity index (χ1) is 7.36. The topological polar surface area (TPSA) is 25.8 Å². The summed E-state index contributed by atoms with van der Waals surface area (Å²) in [5.74, 6) is 3.22. The van der Waals surface area contributed by atoms with Crippen molar-refractivity contribution >= 4 is 6.08 Å². The van der Waals surface area contributed by atoms with Crippen LogP contribution in [0.3, 0.4) is 0 Å². The van der Waals surface area contributed by atoms with E-state index in [9.17, 15) is 0 Å². The predicted octanol–water partition coefficient (Wildman–Crippen LogP) is 3.05. The average Bonchev–Trinajstić information content (AvgIpc) is 2.30. The Hall–Kier alpha value is -1.62. The maximum absolute atomic E-state index is 5.21. The lowest BCUT2D eigenvalue weighted by molar-refractivity contribution is 0.730. The fourth-order valence-corrected chi connectivity index (χ4v) is 1.20. The standard InChI is InChI=1S/C13H16N2/c1-3-5-6-7-8-9-13-14-10-12(4-2)11-15-13/h2,8-11H,3,5-7H2,1H3/b9-8+. The van der Waals surface area contributed by atoms with Gasteiger partial charge in [-0.15, -0.1) is 6.42 Å². The molecule has 15 heavy (non-hydrogen) atoms. The maximum Gasteiger partial charge on any atom is 0.151 e. The van der Waals surface area contributed by atoms with Crippen LogP contribution in [-0.4, -0.2) is 9.97 Å². The molecular weight excluding hydrogens is 184 g/mol. The Balaban J connectivity index is 2.40. The van der Waals surface area contributed by atoms with Crippen molar-refractivity contribution in [3.05, 3.63) is 29.9 Å². The molecule has 0 amide bonds. The van der Waals surface area contributed by atoms with Crippen molar-refractivity contribution in [2.75, 3.05) is 0 Å².